The molecule has 2 aliphatic rings. The van der Waals surface area contributed by atoms with Crippen molar-refractivity contribution in [2.45, 2.75) is 25.3 Å². The minimum atomic E-state index is -0.397. The lowest BCUT2D eigenvalue weighted by Gasteiger charge is -2.38. The minimum Gasteiger partial charge on any atom is -0.462 e. The zero-order chi connectivity index (χ0) is 19.0. The summed E-state index contributed by atoms with van der Waals surface area (Å²) in [5, 5.41) is 14.5. The molecule has 0 spiro atoms. The standard InChI is InChI=1S/C21H20N2O4/c1-2-27-21(24)18-8-4-7-17-15-5-3-6-16(15)19(22-20(17)18)13-9-11-14(12-10-13)23(25)26/h3-5,7-12,15-16,19,22H,2,6H2,1H3/t15-,16+,19-/m1/s1. The van der Waals surface area contributed by atoms with E-state index in [9.17, 15) is 14.9 Å². The molecule has 0 fully saturated rings. The van der Waals surface area contributed by atoms with Crippen molar-refractivity contribution in [3.63, 3.8) is 0 Å². The number of allylic oxidation sites excluding steroid dienone is 2. The number of carbonyl (C=O) groups excluding carboxylic acids is 1. The molecule has 0 bridgehead atoms. The fourth-order valence-corrected chi connectivity index (χ4v) is 4.13. The maximum Gasteiger partial charge on any atom is 0.340 e. The van der Waals surface area contributed by atoms with Crippen LogP contribution in [0.4, 0.5) is 11.4 Å². The van der Waals surface area contributed by atoms with Gasteiger partial charge >= 0.3 is 5.97 Å². The molecule has 1 aliphatic carbocycles. The van der Waals surface area contributed by atoms with E-state index in [-0.39, 0.29) is 23.6 Å². The number of anilines is 1. The number of rotatable bonds is 4. The number of benzene rings is 2. The second-order valence-corrected chi connectivity index (χ2v) is 6.81. The molecule has 2 aromatic carbocycles. The predicted octanol–water partition coefficient (Wildman–Crippen LogP) is 4.60. The minimum absolute atomic E-state index is 0.0334. The SMILES string of the molecule is CCOC(=O)c1cccc2c1N[C@H](c1ccc([N+](=O)[O-])cc1)[C@H]1CC=C[C@@H]21. The van der Waals surface area contributed by atoms with Crippen molar-refractivity contribution in [2.75, 3.05) is 11.9 Å². The Morgan fingerprint density at radius 2 is 2.04 bits per heavy atom. The van der Waals surface area contributed by atoms with Gasteiger partial charge in [0.05, 0.1) is 28.8 Å². The van der Waals surface area contributed by atoms with E-state index in [1.165, 1.54) is 12.1 Å². The Bertz CT molecular complexity index is 920. The highest BCUT2D eigenvalue weighted by Gasteiger charge is 2.39. The number of para-hydroxylation sites is 1. The number of hydrogen-bond acceptors (Lipinski definition) is 5. The highest BCUT2D eigenvalue weighted by molar-refractivity contribution is 5.97. The number of hydrogen-bond donors (Lipinski definition) is 1. The molecule has 138 valence electrons. The van der Waals surface area contributed by atoms with Gasteiger partial charge in [-0.05, 0) is 36.5 Å². The molecule has 0 unspecified atom stereocenters. The van der Waals surface area contributed by atoms with Crippen molar-refractivity contribution in [3.8, 4) is 0 Å². The van der Waals surface area contributed by atoms with Crippen LogP contribution in [0.2, 0.25) is 0 Å². The average Bonchev–Trinajstić information content (AvgIpc) is 3.17. The van der Waals surface area contributed by atoms with Crippen molar-refractivity contribution in [1.29, 1.82) is 0 Å². The van der Waals surface area contributed by atoms with Gasteiger partial charge in [0.2, 0.25) is 0 Å². The summed E-state index contributed by atoms with van der Waals surface area (Å²) >= 11 is 0. The van der Waals surface area contributed by atoms with Crippen molar-refractivity contribution >= 4 is 17.3 Å². The van der Waals surface area contributed by atoms with Crippen molar-refractivity contribution in [1.82, 2.24) is 0 Å². The van der Waals surface area contributed by atoms with Crippen molar-refractivity contribution < 1.29 is 14.5 Å². The van der Waals surface area contributed by atoms with Crippen LogP contribution in [0.15, 0.2) is 54.6 Å². The second kappa shape index (κ2) is 6.87. The summed E-state index contributed by atoms with van der Waals surface area (Å²) in [5.41, 5.74) is 3.47. The van der Waals surface area contributed by atoms with Gasteiger partial charge in [-0.1, -0.05) is 36.4 Å². The molecule has 0 radical (unpaired) electrons. The third-order valence-electron chi connectivity index (χ3n) is 5.36. The summed E-state index contributed by atoms with van der Waals surface area (Å²) in [6.07, 6.45) is 5.28. The molecule has 0 amide bonds. The first-order valence-corrected chi connectivity index (χ1v) is 9.07. The van der Waals surface area contributed by atoms with Crippen LogP contribution in [0.3, 0.4) is 0 Å². The molecule has 0 saturated heterocycles. The molecule has 6 nitrogen and oxygen atoms in total. The molecule has 1 heterocycles. The van der Waals surface area contributed by atoms with E-state index in [1.54, 1.807) is 25.1 Å². The van der Waals surface area contributed by atoms with Gasteiger partial charge in [0.1, 0.15) is 0 Å². The van der Waals surface area contributed by atoms with E-state index in [0.717, 1.165) is 23.2 Å². The number of nitro groups is 1. The smallest absolute Gasteiger partial charge is 0.340 e. The van der Waals surface area contributed by atoms with Crippen LogP contribution < -0.4 is 5.32 Å². The summed E-state index contributed by atoms with van der Waals surface area (Å²) < 4.78 is 5.22. The third-order valence-corrected chi connectivity index (χ3v) is 5.36. The maximum absolute atomic E-state index is 12.4. The molecular formula is C21H20N2O4. The van der Waals surface area contributed by atoms with Gasteiger partial charge in [-0.25, -0.2) is 4.79 Å². The first-order chi connectivity index (χ1) is 13.1. The van der Waals surface area contributed by atoms with Crippen LogP contribution in [-0.4, -0.2) is 17.5 Å². The third kappa shape index (κ3) is 2.97. The summed E-state index contributed by atoms with van der Waals surface area (Å²) in [7, 11) is 0. The quantitative estimate of drug-likeness (QED) is 0.371. The lowest BCUT2D eigenvalue weighted by atomic mass is 9.76. The van der Waals surface area contributed by atoms with Crippen LogP contribution in [0.5, 0.6) is 0 Å². The van der Waals surface area contributed by atoms with E-state index >= 15 is 0 Å². The lowest BCUT2D eigenvalue weighted by molar-refractivity contribution is -0.384. The molecular weight excluding hydrogens is 344 g/mol. The number of nitro benzene ring substituents is 1. The fourth-order valence-electron chi connectivity index (χ4n) is 4.13. The average molecular weight is 364 g/mol. The van der Waals surface area contributed by atoms with Crippen LogP contribution in [0, 0.1) is 16.0 Å². The van der Waals surface area contributed by atoms with Crippen molar-refractivity contribution in [3.05, 3.63) is 81.4 Å². The fraction of sp³-hybridized carbons (Fsp3) is 0.286. The van der Waals surface area contributed by atoms with Gasteiger partial charge in [0.15, 0.2) is 0 Å². The Kier molecular flexibility index (Phi) is 4.39. The zero-order valence-electron chi connectivity index (χ0n) is 14.9. The maximum atomic E-state index is 12.4. The van der Waals surface area contributed by atoms with Crippen LogP contribution in [0.1, 0.15) is 46.8 Å². The number of esters is 1. The molecule has 1 N–H and O–H groups in total. The summed E-state index contributed by atoms with van der Waals surface area (Å²) in [4.78, 5) is 23.0. The van der Waals surface area contributed by atoms with Crippen LogP contribution in [0.25, 0.3) is 0 Å². The van der Waals surface area contributed by atoms with Gasteiger partial charge in [-0.15, -0.1) is 0 Å². The molecule has 0 saturated carbocycles. The highest BCUT2D eigenvalue weighted by Crippen LogP contribution is 2.50. The predicted molar refractivity (Wildman–Crippen MR) is 102 cm³/mol. The molecule has 2 aromatic rings. The first-order valence-electron chi connectivity index (χ1n) is 9.07. The van der Waals surface area contributed by atoms with Gasteiger partial charge in [0.25, 0.3) is 5.69 Å². The van der Waals surface area contributed by atoms with Gasteiger partial charge in [-0.3, -0.25) is 10.1 Å². The number of non-ortho nitro benzene ring substituents is 1. The van der Waals surface area contributed by atoms with Crippen LogP contribution in [-0.2, 0) is 4.74 Å². The Morgan fingerprint density at radius 1 is 1.26 bits per heavy atom. The normalized spacial score (nSPS) is 22.5. The van der Waals surface area contributed by atoms with E-state index in [0.29, 0.717) is 18.1 Å². The first kappa shape index (κ1) is 17.3. The van der Waals surface area contributed by atoms with Crippen LogP contribution >= 0.6 is 0 Å². The topological polar surface area (TPSA) is 81.5 Å². The highest BCUT2D eigenvalue weighted by atomic mass is 16.6. The number of fused-ring (bicyclic) bond motifs is 3. The summed E-state index contributed by atoms with van der Waals surface area (Å²) in [6.45, 7) is 2.11. The number of carbonyl (C=O) groups is 1. The summed E-state index contributed by atoms with van der Waals surface area (Å²) in [5.74, 6) is 0.164. The van der Waals surface area contributed by atoms with E-state index in [1.807, 2.05) is 12.1 Å². The Hall–Kier alpha value is -3.15. The van der Waals surface area contributed by atoms with Gasteiger partial charge in [0, 0.05) is 18.1 Å². The van der Waals surface area contributed by atoms with E-state index in [4.69, 9.17) is 4.74 Å². The van der Waals surface area contributed by atoms with Crippen molar-refractivity contribution in [2.24, 2.45) is 5.92 Å². The molecule has 3 atom stereocenters. The Balaban J connectivity index is 1.75. The number of nitrogens with zero attached hydrogens (tertiary/aromatic N) is 1. The lowest BCUT2D eigenvalue weighted by Crippen LogP contribution is -2.30. The van der Waals surface area contributed by atoms with E-state index < -0.39 is 4.92 Å². The summed E-state index contributed by atoms with van der Waals surface area (Å²) in [6, 6.07) is 12.3. The number of nitrogens with one attached hydrogen (secondary N) is 1. The van der Waals surface area contributed by atoms with Gasteiger partial charge < -0.3 is 10.1 Å². The Morgan fingerprint density at radius 3 is 2.74 bits per heavy atom. The molecule has 0 aromatic heterocycles. The molecule has 6 heteroatoms. The molecule has 27 heavy (non-hydrogen) atoms. The van der Waals surface area contributed by atoms with Gasteiger partial charge in [-0.2, -0.15) is 0 Å². The zero-order valence-corrected chi connectivity index (χ0v) is 14.9. The second-order valence-electron chi connectivity index (χ2n) is 6.81. The Labute approximate surface area is 157 Å². The monoisotopic (exact) mass is 364 g/mol. The van der Waals surface area contributed by atoms with E-state index in [2.05, 4.69) is 17.5 Å². The largest absolute Gasteiger partial charge is 0.462 e. The molecule has 1 aliphatic heterocycles. The number of ether oxygens (including phenoxy) is 1. The molecule has 4 rings (SSSR count).